The van der Waals surface area contributed by atoms with E-state index in [1.807, 2.05) is 12.1 Å². The number of rotatable bonds is 7. The van der Waals surface area contributed by atoms with Crippen molar-refractivity contribution in [1.29, 1.82) is 0 Å². The quantitative estimate of drug-likeness (QED) is 0.381. The molecule has 8 nitrogen and oxygen atoms in total. The van der Waals surface area contributed by atoms with Crippen molar-refractivity contribution in [1.82, 2.24) is 9.97 Å². The van der Waals surface area contributed by atoms with Crippen LogP contribution in [0.15, 0.2) is 35.5 Å². The van der Waals surface area contributed by atoms with Gasteiger partial charge in [0.15, 0.2) is 16.7 Å². The van der Waals surface area contributed by atoms with Crippen LogP contribution in [0.4, 0.5) is 5.69 Å². The second-order valence-electron chi connectivity index (χ2n) is 5.32. The summed E-state index contributed by atoms with van der Waals surface area (Å²) < 4.78 is 16.0. The molecule has 0 fully saturated rings. The zero-order valence-electron chi connectivity index (χ0n) is 14.4. The largest absolute Gasteiger partial charge is 0.493 e. The third-order valence-corrected chi connectivity index (χ3v) is 4.70. The highest BCUT2D eigenvalue weighted by molar-refractivity contribution is 7.98. The number of nitrogens with one attached hydrogen (secondary N) is 1. The highest BCUT2D eigenvalue weighted by Crippen LogP contribution is 2.39. The lowest BCUT2D eigenvalue weighted by atomic mass is 10.2. The number of hydrogen-bond acceptors (Lipinski definition) is 7. The SMILES string of the molecule is COc1cc(CSc2nc3ccc([N+](=O)[O-])cc3[nH]2)cc(OC)c1OC. The molecule has 2 aromatic carbocycles. The van der Waals surface area contributed by atoms with Gasteiger partial charge in [0.25, 0.3) is 5.69 Å². The maximum atomic E-state index is 10.9. The van der Waals surface area contributed by atoms with Crippen LogP contribution in [0, 0.1) is 10.1 Å². The first kappa shape index (κ1) is 17.9. The molecular formula is C17H17N3O5S. The number of ether oxygens (including phenoxy) is 3. The van der Waals surface area contributed by atoms with E-state index in [1.54, 1.807) is 27.4 Å². The van der Waals surface area contributed by atoms with Crippen LogP contribution in [-0.2, 0) is 5.75 Å². The number of nitrogens with zero attached hydrogens (tertiary/aromatic N) is 2. The summed E-state index contributed by atoms with van der Waals surface area (Å²) in [5.74, 6) is 2.32. The summed E-state index contributed by atoms with van der Waals surface area (Å²) in [5, 5.41) is 11.5. The molecule has 0 amide bonds. The van der Waals surface area contributed by atoms with E-state index in [0.717, 1.165) is 5.56 Å². The van der Waals surface area contributed by atoms with Crippen LogP contribution in [-0.4, -0.2) is 36.2 Å². The van der Waals surface area contributed by atoms with Crippen LogP contribution in [0.3, 0.4) is 0 Å². The Morgan fingerprint density at radius 1 is 1.12 bits per heavy atom. The molecule has 1 heterocycles. The van der Waals surface area contributed by atoms with Gasteiger partial charge in [0.05, 0.1) is 37.3 Å². The summed E-state index contributed by atoms with van der Waals surface area (Å²) in [5.41, 5.74) is 2.31. The molecule has 0 atom stereocenters. The van der Waals surface area contributed by atoms with Gasteiger partial charge in [0.1, 0.15) is 0 Å². The molecule has 3 rings (SSSR count). The summed E-state index contributed by atoms with van der Waals surface area (Å²) in [6.45, 7) is 0. The van der Waals surface area contributed by atoms with Crippen LogP contribution in [0.5, 0.6) is 17.2 Å². The fourth-order valence-corrected chi connectivity index (χ4v) is 3.34. The first-order chi connectivity index (χ1) is 12.5. The van der Waals surface area contributed by atoms with Crippen LogP contribution in [0.2, 0.25) is 0 Å². The third-order valence-electron chi connectivity index (χ3n) is 3.75. The van der Waals surface area contributed by atoms with Gasteiger partial charge < -0.3 is 19.2 Å². The van der Waals surface area contributed by atoms with Crippen LogP contribution < -0.4 is 14.2 Å². The van der Waals surface area contributed by atoms with E-state index in [0.29, 0.717) is 39.2 Å². The molecule has 0 spiro atoms. The van der Waals surface area contributed by atoms with Crippen LogP contribution in [0.25, 0.3) is 11.0 Å². The number of fused-ring (bicyclic) bond motifs is 1. The zero-order valence-corrected chi connectivity index (χ0v) is 15.3. The average Bonchev–Trinajstić information content (AvgIpc) is 3.07. The van der Waals surface area contributed by atoms with Crippen molar-refractivity contribution in [2.75, 3.05) is 21.3 Å². The molecule has 0 radical (unpaired) electrons. The molecule has 0 saturated heterocycles. The van der Waals surface area contributed by atoms with E-state index in [1.165, 1.54) is 23.9 Å². The molecule has 3 aromatic rings. The molecule has 0 aliphatic carbocycles. The highest BCUT2D eigenvalue weighted by Gasteiger charge is 2.14. The minimum Gasteiger partial charge on any atom is -0.493 e. The second kappa shape index (κ2) is 7.52. The lowest BCUT2D eigenvalue weighted by molar-refractivity contribution is -0.384. The van der Waals surface area contributed by atoms with Gasteiger partial charge in [-0.1, -0.05) is 11.8 Å². The Kier molecular flexibility index (Phi) is 5.17. The standard InChI is InChI=1S/C17H17N3O5S/c1-23-14-6-10(7-15(24-2)16(14)25-3)9-26-17-18-12-5-4-11(20(21)22)8-13(12)19-17/h4-8H,9H2,1-3H3,(H,18,19). The molecule has 0 bridgehead atoms. The zero-order chi connectivity index (χ0) is 18.7. The number of benzene rings is 2. The Balaban J connectivity index is 1.82. The Bertz CT molecular complexity index is 932. The normalized spacial score (nSPS) is 10.7. The van der Waals surface area contributed by atoms with Crippen LogP contribution >= 0.6 is 11.8 Å². The molecule has 136 valence electrons. The van der Waals surface area contributed by atoms with Crippen molar-refractivity contribution in [3.05, 3.63) is 46.0 Å². The summed E-state index contributed by atoms with van der Waals surface area (Å²) in [7, 11) is 4.70. The fraction of sp³-hybridized carbons (Fsp3) is 0.235. The van der Waals surface area contributed by atoms with Crippen molar-refractivity contribution >= 4 is 28.5 Å². The highest BCUT2D eigenvalue weighted by atomic mass is 32.2. The summed E-state index contributed by atoms with van der Waals surface area (Å²) in [6, 6.07) is 8.31. The number of thioether (sulfide) groups is 1. The van der Waals surface area contributed by atoms with E-state index >= 15 is 0 Å². The molecule has 0 saturated carbocycles. The maximum absolute atomic E-state index is 10.9. The van der Waals surface area contributed by atoms with E-state index in [9.17, 15) is 10.1 Å². The van der Waals surface area contributed by atoms with Crippen LogP contribution in [0.1, 0.15) is 5.56 Å². The number of aromatic amines is 1. The summed E-state index contributed by atoms with van der Waals surface area (Å²) in [4.78, 5) is 18.0. The molecule has 1 N–H and O–H groups in total. The first-order valence-electron chi connectivity index (χ1n) is 7.61. The molecule has 0 aliphatic heterocycles. The Morgan fingerprint density at radius 2 is 1.81 bits per heavy atom. The molecular weight excluding hydrogens is 358 g/mol. The summed E-state index contributed by atoms with van der Waals surface area (Å²) in [6.07, 6.45) is 0. The van der Waals surface area contributed by atoms with Gasteiger partial charge in [-0.15, -0.1) is 0 Å². The first-order valence-corrected chi connectivity index (χ1v) is 8.60. The van der Waals surface area contributed by atoms with E-state index in [2.05, 4.69) is 9.97 Å². The lowest BCUT2D eigenvalue weighted by Gasteiger charge is -2.13. The average molecular weight is 375 g/mol. The van der Waals surface area contributed by atoms with E-state index in [4.69, 9.17) is 14.2 Å². The second-order valence-corrected chi connectivity index (χ2v) is 6.29. The molecule has 9 heteroatoms. The number of imidazole rings is 1. The monoisotopic (exact) mass is 375 g/mol. The number of methoxy groups -OCH3 is 3. The smallest absolute Gasteiger partial charge is 0.271 e. The van der Waals surface area contributed by atoms with Gasteiger partial charge in [-0.25, -0.2) is 4.98 Å². The van der Waals surface area contributed by atoms with Gasteiger partial charge in [0, 0.05) is 17.9 Å². The molecule has 0 aliphatic rings. The molecule has 26 heavy (non-hydrogen) atoms. The Morgan fingerprint density at radius 3 is 2.38 bits per heavy atom. The van der Waals surface area contributed by atoms with Crippen molar-refractivity contribution in [3.63, 3.8) is 0 Å². The fourth-order valence-electron chi connectivity index (χ4n) is 2.53. The number of non-ortho nitro benzene ring substituents is 1. The molecule has 1 aromatic heterocycles. The third kappa shape index (κ3) is 3.52. The lowest BCUT2D eigenvalue weighted by Crippen LogP contribution is -1.96. The van der Waals surface area contributed by atoms with Crippen molar-refractivity contribution in [2.45, 2.75) is 10.9 Å². The topological polar surface area (TPSA) is 99.5 Å². The number of nitro groups is 1. The minimum absolute atomic E-state index is 0.0299. The van der Waals surface area contributed by atoms with Gasteiger partial charge in [-0.2, -0.15) is 0 Å². The maximum Gasteiger partial charge on any atom is 0.271 e. The summed E-state index contributed by atoms with van der Waals surface area (Å²) >= 11 is 1.48. The Labute approximate surface area is 153 Å². The van der Waals surface area contributed by atoms with Crippen molar-refractivity contribution < 1.29 is 19.1 Å². The van der Waals surface area contributed by atoms with Gasteiger partial charge in [0.2, 0.25) is 5.75 Å². The van der Waals surface area contributed by atoms with Gasteiger partial charge in [-0.05, 0) is 23.8 Å². The number of hydrogen-bond donors (Lipinski definition) is 1. The number of H-pyrrole nitrogens is 1. The number of aromatic nitrogens is 2. The predicted octanol–water partition coefficient (Wildman–Crippen LogP) is 3.79. The Hall–Kier alpha value is -2.94. The van der Waals surface area contributed by atoms with Crippen molar-refractivity contribution in [2.24, 2.45) is 0 Å². The van der Waals surface area contributed by atoms with Gasteiger partial charge >= 0.3 is 0 Å². The van der Waals surface area contributed by atoms with Gasteiger partial charge in [-0.3, -0.25) is 10.1 Å². The minimum atomic E-state index is -0.428. The van der Waals surface area contributed by atoms with E-state index < -0.39 is 4.92 Å². The number of nitro benzene ring substituents is 1. The van der Waals surface area contributed by atoms with Crippen molar-refractivity contribution in [3.8, 4) is 17.2 Å². The van der Waals surface area contributed by atoms with E-state index in [-0.39, 0.29) is 5.69 Å². The molecule has 0 unspecified atom stereocenters. The predicted molar refractivity (Wildman–Crippen MR) is 98.4 cm³/mol.